The second-order valence-electron chi connectivity index (χ2n) is 6.04. The molecule has 1 aromatic carbocycles. The number of nitrogens with zero attached hydrogens (tertiary/aromatic N) is 2. The third-order valence-electron chi connectivity index (χ3n) is 3.14. The summed E-state index contributed by atoms with van der Waals surface area (Å²) in [5.74, 6) is 0.299. The number of carbonyl (C=O) groups excluding carboxylic acids is 1. The first-order chi connectivity index (χ1) is 10.3. The van der Waals surface area contributed by atoms with Crippen LogP contribution < -0.4 is 5.32 Å². The summed E-state index contributed by atoms with van der Waals surface area (Å²) in [5, 5.41) is 7.34. The Bertz CT molecular complexity index is 659. The number of anilines is 1. The van der Waals surface area contributed by atoms with Crippen molar-refractivity contribution in [1.29, 1.82) is 0 Å². The van der Waals surface area contributed by atoms with Gasteiger partial charge in [0.05, 0.1) is 11.4 Å². The van der Waals surface area contributed by atoms with Gasteiger partial charge in [0, 0.05) is 23.8 Å². The summed E-state index contributed by atoms with van der Waals surface area (Å²) in [4.78, 5) is 11.8. The van der Waals surface area contributed by atoms with Crippen LogP contribution in [-0.4, -0.2) is 21.6 Å². The van der Waals surface area contributed by atoms with E-state index in [0.29, 0.717) is 11.5 Å². The standard InChI is InChI=1S/C16H19ClFN3O/c1-16(2,3)13-10-14(19-15(22)8-9-17)21(20-13)12-6-4-11(18)5-7-12/h4-7,10H,8-9H2,1-3H3,(H,19,22). The van der Waals surface area contributed by atoms with E-state index in [4.69, 9.17) is 11.6 Å². The Kier molecular flexibility index (Phi) is 4.86. The Morgan fingerprint density at radius 2 is 1.95 bits per heavy atom. The number of benzene rings is 1. The van der Waals surface area contributed by atoms with Crippen LogP contribution in [0.3, 0.4) is 0 Å². The molecular formula is C16H19ClFN3O. The Morgan fingerprint density at radius 1 is 1.32 bits per heavy atom. The second kappa shape index (κ2) is 6.48. The Hall–Kier alpha value is -1.88. The van der Waals surface area contributed by atoms with Gasteiger partial charge in [0.2, 0.25) is 5.91 Å². The third-order valence-corrected chi connectivity index (χ3v) is 3.33. The molecule has 0 bridgehead atoms. The number of carbonyl (C=O) groups is 1. The predicted molar refractivity (Wildman–Crippen MR) is 86.2 cm³/mol. The first-order valence-electron chi connectivity index (χ1n) is 7.03. The molecule has 0 aliphatic rings. The molecule has 118 valence electrons. The highest BCUT2D eigenvalue weighted by Crippen LogP contribution is 2.26. The fraction of sp³-hybridized carbons (Fsp3) is 0.375. The van der Waals surface area contributed by atoms with Gasteiger partial charge < -0.3 is 5.32 Å². The first-order valence-corrected chi connectivity index (χ1v) is 7.57. The highest BCUT2D eigenvalue weighted by molar-refractivity contribution is 6.19. The van der Waals surface area contributed by atoms with Crippen LogP contribution in [0.1, 0.15) is 32.9 Å². The van der Waals surface area contributed by atoms with Gasteiger partial charge >= 0.3 is 0 Å². The predicted octanol–water partition coefficient (Wildman–Crippen LogP) is 3.88. The fourth-order valence-corrected chi connectivity index (χ4v) is 2.08. The lowest BCUT2D eigenvalue weighted by Gasteiger charge is -2.14. The van der Waals surface area contributed by atoms with Crippen molar-refractivity contribution >= 4 is 23.3 Å². The van der Waals surface area contributed by atoms with E-state index in [1.54, 1.807) is 16.8 Å². The highest BCUT2D eigenvalue weighted by Gasteiger charge is 2.21. The average Bonchev–Trinajstić information content (AvgIpc) is 2.83. The van der Waals surface area contributed by atoms with Gasteiger partial charge in [-0.05, 0) is 24.3 Å². The summed E-state index contributed by atoms with van der Waals surface area (Å²) in [6.07, 6.45) is 0.223. The van der Waals surface area contributed by atoms with Crippen LogP contribution in [-0.2, 0) is 10.2 Å². The molecule has 2 aromatic rings. The molecule has 0 unspecified atom stereocenters. The molecule has 0 atom stereocenters. The molecule has 2 rings (SSSR count). The summed E-state index contributed by atoms with van der Waals surface area (Å²) in [6.45, 7) is 6.11. The lowest BCUT2D eigenvalue weighted by molar-refractivity contribution is -0.115. The van der Waals surface area contributed by atoms with Crippen LogP contribution in [0.2, 0.25) is 0 Å². The summed E-state index contributed by atoms with van der Waals surface area (Å²) >= 11 is 5.59. The Labute approximate surface area is 134 Å². The van der Waals surface area contributed by atoms with E-state index in [1.165, 1.54) is 12.1 Å². The number of rotatable bonds is 4. The van der Waals surface area contributed by atoms with E-state index in [9.17, 15) is 9.18 Å². The number of alkyl halides is 1. The zero-order valence-electron chi connectivity index (χ0n) is 12.9. The summed E-state index contributed by atoms with van der Waals surface area (Å²) in [5.41, 5.74) is 1.34. The number of aromatic nitrogens is 2. The molecule has 1 aromatic heterocycles. The molecule has 0 saturated carbocycles. The number of halogens is 2. The summed E-state index contributed by atoms with van der Waals surface area (Å²) in [6, 6.07) is 7.78. The van der Waals surface area contributed by atoms with Crippen molar-refractivity contribution in [3.8, 4) is 5.69 Å². The molecule has 4 nitrogen and oxygen atoms in total. The van der Waals surface area contributed by atoms with Crippen molar-refractivity contribution < 1.29 is 9.18 Å². The molecule has 1 N–H and O–H groups in total. The van der Waals surface area contributed by atoms with E-state index in [-0.39, 0.29) is 29.4 Å². The van der Waals surface area contributed by atoms with Crippen molar-refractivity contribution in [2.75, 3.05) is 11.2 Å². The number of hydrogen-bond donors (Lipinski definition) is 1. The molecule has 0 aliphatic carbocycles. The van der Waals surface area contributed by atoms with Crippen molar-refractivity contribution in [3.05, 3.63) is 41.8 Å². The van der Waals surface area contributed by atoms with Crippen LogP contribution in [0.25, 0.3) is 5.69 Å². The molecule has 0 radical (unpaired) electrons. The van der Waals surface area contributed by atoms with Crippen molar-refractivity contribution in [2.45, 2.75) is 32.6 Å². The molecule has 0 aliphatic heterocycles. The molecule has 22 heavy (non-hydrogen) atoms. The molecule has 0 fully saturated rings. The van der Waals surface area contributed by atoms with Crippen molar-refractivity contribution in [1.82, 2.24) is 9.78 Å². The number of hydrogen-bond acceptors (Lipinski definition) is 2. The zero-order chi connectivity index (χ0) is 16.3. The monoisotopic (exact) mass is 323 g/mol. The van der Waals surface area contributed by atoms with Crippen LogP contribution in [0.15, 0.2) is 30.3 Å². The van der Waals surface area contributed by atoms with Crippen LogP contribution in [0.4, 0.5) is 10.2 Å². The van der Waals surface area contributed by atoms with Gasteiger partial charge in [0.1, 0.15) is 11.6 Å². The van der Waals surface area contributed by atoms with Crippen LogP contribution in [0, 0.1) is 5.82 Å². The van der Waals surface area contributed by atoms with Gasteiger partial charge in [-0.25, -0.2) is 9.07 Å². The third kappa shape index (κ3) is 3.85. The Morgan fingerprint density at radius 3 is 2.50 bits per heavy atom. The lowest BCUT2D eigenvalue weighted by Crippen LogP contribution is -2.15. The number of nitrogens with one attached hydrogen (secondary N) is 1. The average molecular weight is 324 g/mol. The molecule has 6 heteroatoms. The molecule has 0 saturated heterocycles. The van der Waals surface area contributed by atoms with Gasteiger partial charge in [-0.15, -0.1) is 11.6 Å². The quantitative estimate of drug-likeness (QED) is 0.868. The first kappa shape index (κ1) is 16.5. The van der Waals surface area contributed by atoms with Gasteiger partial charge in [-0.2, -0.15) is 5.10 Å². The Balaban J connectivity index is 2.43. The summed E-state index contributed by atoms with van der Waals surface area (Å²) < 4.78 is 14.7. The van der Waals surface area contributed by atoms with E-state index in [1.807, 2.05) is 26.8 Å². The molecular weight excluding hydrogens is 305 g/mol. The number of amides is 1. The minimum Gasteiger partial charge on any atom is -0.311 e. The molecule has 1 amide bonds. The maximum Gasteiger partial charge on any atom is 0.226 e. The lowest BCUT2D eigenvalue weighted by atomic mass is 9.92. The normalized spacial score (nSPS) is 11.5. The maximum atomic E-state index is 13.1. The maximum absolute atomic E-state index is 13.1. The SMILES string of the molecule is CC(C)(C)c1cc(NC(=O)CCCl)n(-c2ccc(F)cc2)n1. The van der Waals surface area contributed by atoms with Gasteiger partial charge in [-0.1, -0.05) is 20.8 Å². The topological polar surface area (TPSA) is 46.9 Å². The molecule has 0 spiro atoms. The van der Waals surface area contributed by atoms with Gasteiger partial charge in [-0.3, -0.25) is 4.79 Å². The minimum absolute atomic E-state index is 0.169. The molecule has 1 heterocycles. The van der Waals surface area contributed by atoms with E-state index >= 15 is 0 Å². The van der Waals surface area contributed by atoms with Crippen LogP contribution in [0.5, 0.6) is 0 Å². The van der Waals surface area contributed by atoms with E-state index < -0.39 is 0 Å². The largest absolute Gasteiger partial charge is 0.311 e. The fourth-order valence-electron chi connectivity index (χ4n) is 1.91. The van der Waals surface area contributed by atoms with Gasteiger partial charge in [0.25, 0.3) is 0 Å². The van der Waals surface area contributed by atoms with Gasteiger partial charge in [0.15, 0.2) is 0 Å². The van der Waals surface area contributed by atoms with Crippen molar-refractivity contribution in [3.63, 3.8) is 0 Å². The van der Waals surface area contributed by atoms with Crippen molar-refractivity contribution in [2.24, 2.45) is 0 Å². The zero-order valence-corrected chi connectivity index (χ0v) is 13.6. The second-order valence-corrected chi connectivity index (χ2v) is 6.42. The highest BCUT2D eigenvalue weighted by atomic mass is 35.5. The van der Waals surface area contributed by atoms with E-state index in [2.05, 4.69) is 10.4 Å². The van der Waals surface area contributed by atoms with E-state index in [0.717, 1.165) is 5.69 Å². The summed E-state index contributed by atoms with van der Waals surface area (Å²) in [7, 11) is 0. The van der Waals surface area contributed by atoms with Crippen LogP contribution >= 0.6 is 11.6 Å². The minimum atomic E-state index is -0.320. The smallest absolute Gasteiger partial charge is 0.226 e.